The maximum atomic E-state index is 11.7. The van der Waals surface area contributed by atoms with Crippen molar-refractivity contribution in [3.63, 3.8) is 0 Å². The number of nitrogens with zero attached hydrogens (tertiary/aromatic N) is 1. The van der Waals surface area contributed by atoms with E-state index in [1.54, 1.807) is 12.1 Å². The van der Waals surface area contributed by atoms with E-state index >= 15 is 0 Å². The molecule has 0 atom stereocenters. The fourth-order valence-corrected chi connectivity index (χ4v) is 2.51. The Kier molecular flexibility index (Phi) is 3.96. The first-order chi connectivity index (χ1) is 9.82. The van der Waals surface area contributed by atoms with Crippen molar-refractivity contribution in [2.75, 3.05) is 7.05 Å². The maximum absolute atomic E-state index is 11.7. The number of hydrogen-bond acceptors (Lipinski definition) is 4. The first-order valence-corrected chi connectivity index (χ1v) is 7.53. The van der Waals surface area contributed by atoms with Gasteiger partial charge in [0, 0.05) is 6.07 Å². The highest BCUT2D eigenvalue weighted by molar-refractivity contribution is 7.88. The lowest BCUT2D eigenvalue weighted by Crippen LogP contribution is -2.20. The Balaban J connectivity index is 2.31. The van der Waals surface area contributed by atoms with Crippen molar-refractivity contribution >= 4 is 16.0 Å². The van der Waals surface area contributed by atoms with Crippen LogP contribution in [0, 0.1) is 0 Å². The second-order valence-electron chi connectivity index (χ2n) is 4.28. The average Bonchev–Trinajstić information content (AvgIpc) is 2.82. The summed E-state index contributed by atoms with van der Waals surface area (Å²) in [5, 5.41) is 11.3. The van der Waals surface area contributed by atoms with Crippen molar-refractivity contribution in [1.29, 1.82) is 0 Å². The number of hydrogen-bond donors (Lipinski definition) is 3. The lowest BCUT2D eigenvalue weighted by Gasteiger charge is -2.05. The van der Waals surface area contributed by atoms with Crippen molar-refractivity contribution in [3.8, 4) is 5.69 Å². The zero-order valence-corrected chi connectivity index (χ0v) is 11.8. The molecule has 0 saturated heterocycles. The Morgan fingerprint density at radius 1 is 1.33 bits per heavy atom. The number of H-pyrrole nitrogens is 1. The highest BCUT2D eigenvalue weighted by Gasteiger charge is 2.12. The molecule has 2 aromatic rings. The molecule has 9 heteroatoms. The molecule has 0 saturated carbocycles. The lowest BCUT2D eigenvalue weighted by molar-refractivity contribution is 0.0690. The first kappa shape index (κ1) is 15.0. The smallest absolute Gasteiger partial charge is 0.353 e. The summed E-state index contributed by atoms with van der Waals surface area (Å²) in [5.41, 5.74) is 0.231. The molecule has 0 aliphatic rings. The Morgan fingerprint density at radius 3 is 2.43 bits per heavy atom. The Bertz CT molecular complexity index is 817. The maximum Gasteiger partial charge on any atom is 0.353 e. The van der Waals surface area contributed by atoms with Crippen LogP contribution in [-0.2, 0) is 15.8 Å². The second-order valence-corrected chi connectivity index (χ2v) is 6.20. The number of rotatable bonds is 5. The number of aromatic nitrogens is 2. The van der Waals surface area contributed by atoms with E-state index in [0.29, 0.717) is 11.3 Å². The van der Waals surface area contributed by atoms with Gasteiger partial charge in [0.05, 0.1) is 11.4 Å². The van der Waals surface area contributed by atoms with Gasteiger partial charge in [0.2, 0.25) is 10.0 Å². The van der Waals surface area contributed by atoms with E-state index in [4.69, 9.17) is 5.11 Å². The zero-order chi connectivity index (χ0) is 15.6. The van der Waals surface area contributed by atoms with Gasteiger partial charge in [-0.3, -0.25) is 9.89 Å². The Morgan fingerprint density at radius 2 is 1.95 bits per heavy atom. The summed E-state index contributed by atoms with van der Waals surface area (Å²) in [6, 6.07) is 7.14. The third-order valence-corrected chi connectivity index (χ3v) is 4.15. The molecule has 1 aromatic heterocycles. The van der Waals surface area contributed by atoms with Crippen molar-refractivity contribution in [2.45, 2.75) is 5.75 Å². The molecule has 1 heterocycles. The third kappa shape index (κ3) is 3.38. The number of nitrogens with one attached hydrogen (secondary N) is 2. The first-order valence-electron chi connectivity index (χ1n) is 5.88. The van der Waals surface area contributed by atoms with Crippen molar-refractivity contribution < 1.29 is 18.3 Å². The highest BCUT2D eigenvalue weighted by Crippen LogP contribution is 2.10. The lowest BCUT2D eigenvalue weighted by atomic mass is 10.2. The van der Waals surface area contributed by atoms with Crippen LogP contribution in [0.2, 0.25) is 0 Å². The van der Waals surface area contributed by atoms with Gasteiger partial charge in [0.15, 0.2) is 0 Å². The quantitative estimate of drug-likeness (QED) is 0.712. The van der Waals surface area contributed by atoms with E-state index in [-0.39, 0.29) is 11.4 Å². The highest BCUT2D eigenvalue weighted by atomic mass is 32.2. The van der Waals surface area contributed by atoms with E-state index in [2.05, 4.69) is 9.82 Å². The van der Waals surface area contributed by atoms with Gasteiger partial charge in [0.25, 0.3) is 5.56 Å². The topological polar surface area (TPSA) is 121 Å². The minimum absolute atomic E-state index is 0.177. The van der Waals surface area contributed by atoms with Gasteiger partial charge in [-0.2, -0.15) is 0 Å². The molecule has 1 aromatic carbocycles. The van der Waals surface area contributed by atoms with Crippen LogP contribution in [0.15, 0.2) is 35.1 Å². The number of aromatic amines is 1. The molecule has 0 bridgehead atoms. The van der Waals surface area contributed by atoms with Crippen LogP contribution in [0.25, 0.3) is 5.69 Å². The Hall–Kier alpha value is -2.39. The SMILES string of the molecule is CNS(=O)(=O)Cc1ccc(-n2[nH]c(C(=O)O)cc2=O)cc1. The number of aromatic carboxylic acids is 1. The van der Waals surface area contributed by atoms with Gasteiger partial charge in [-0.05, 0) is 24.7 Å². The number of carbonyl (C=O) groups is 1. The summed E-state index contributed by atoms with van der Waals surface area (Å²) in [4.78, 5) is 22.5. The molecule has 3 N–H and O–H groups in total. The van der Waals surface area contributed by atoms with Crippen LogP contribution in [-0.4, -0.2) is 36.3 Å². The minimum atomic E-state index is -3.37. The summed E-state index contributed by atoms with van der Waals surface area (Å²) in [6.45, 7) is 0. The van der Waals surface area contributed by atoms with E-state index in [9.17, 15) is 18.0 Å². The Labute approximate surface area is 120 Å². The molecule has 0 aliphatic carbocycles. The molecule has 8 nitrogen and oxygen atoms in total. The van der Waals surface area contributed by atoms with Gasteiger partial charge in [-0.15, -0.1) is 0 Å². The number of carboxylic acid groups (broad SMARTS) is 1. The van der Waals surface area contributed by atoms with Crippen molar-refractivity contribution in [2.24, 2.45) is 0 Å². The van der Waals surface area contributed by atoms with Crippen LogP contribution < -0.4 is 10.3 Å². The summed E-state index contributed by atoms with van der Waals surface area (Å²) in [7, 11) is -2.04. The molecule has 0 fully saturated rings. The summed E-state index contributed by atoms with van der Waals surface area (Å²) < 4.78 is 26.1. The number of sulfonamides is 1. The molecular weight excluding hydrogens is 298 g/mol. The molecule has 0 amide bonds. The summed E-state index contributed by atoms with van der Waals surface area (Å²) in [5.74, 6) is -1.41. The standard InChI is InChI=1S/C12H13N3O5S/c1-13-21(19,20)7-8-2-4-9(5-3-8)15-11(16)6-10(14-15)12(17)18/h2-6,13-14H,7H2,1H3,(H,17,18). The predicted octanol–water partition coefficient (Wildman–Crippen LogP) is -0.0870. The third-order valence-electron chi connectivity index (χ3n) is 2.81. The molecular formula is C12H13N3O5S. The minimum Gasteiger partial charge on any atom is -0.477 e. The molecule has 112 valence electrons. The molecule has 21 heavy (non-hydrogen) atoms. The van der Waals surface area contributed by atoms with Crippen molar-refractivity contribution in [1.82, 2.24) is 14.5 Å². The van der Waals surface area contributed by atoms with E-state index < -0.39 is 21.6 Å². The molecule has 2 rings (SSSR count). The van der Waals surface area contributed by atoms with Gasteiger partial charge >= 0.3 is 5.97 Å². The van der Waals surface area contributed by atoms with E-state index in [1.165, 1.54) is 19.2 Å². The summed E-state index contributed by atoms with van der Waals surface area (Å²) >= 11 is 0. The van der Waals surface area contributed by atoms with Crippen LogP contribution in [0.5, 0.6) is 0 Å². The number of benzene rings is 1. The molecule has 0 unspecified atom stereocenters. The predicted molar refractivity (Wildman–Crippen MR) is 75.0 cm³/mol. The van der Waals surface area contributed by atoms with Crippen LogP contribution in [0.3, 0.4) is 0 Å². The molecule has 0 spiro atoms. The number of carboxylic acids is 1. The van der Waals surface area contributed by atoms with Crippen LogP contribution >= 0.6 is 0 Å². The largest absolute Gasteiger partial charge is 0.477 e. The van der Waals surface area contributed by atoms with Gasteiger partial charge in [-0.1, -0.05) is 12.1 Å². The molecule has 0 radical (unpaired) electrons. The van der Waals surface area contributed by atoms with Gasteiger partial charge in [-0.25, -0.2) is 22.6 Å². The van der Waals surface area contributed by atoms with E-state index in [0.717, 1.165) is 10.7 Å². The van der Waals surface area contributed by atoms with Crippen LogP contribution in [0.1, 0.15) is 16.1 Å². The molecule has 0 aliphatic heterocycles. The average molecular weight is 311 g/mol. The van der Waals surface area contributed by atoms with Crippen LogP contribution in [0.4, 0.5) is 0 Å². The van der Waals surface area contributed by atoms with Gasteiger partial charge < -0.3 is 5.11 Å². The fourth-order valence-electron chi connectivity index (χ4n) is 1.73. The van der Waals surface area contributed by atoms with E-state index in [1.807, 2.05) is 0 Å². The van der Waals surface area contributed by atoms with Crippen molar-refractivity contribution in [3.05, 3.63) is 51.9 Å². The normalized spacial score (nSPS) is 11.5. The summed E-state index contributed by atoms with van der Waals surface area (Å²) in [6.07, 6.45) is 0. The second kappa shape index (κ2) is 5.54. The zero-order valence-electron chi connectivity index (χ0n) is 11.0. The van der Waals surface area contributed by atoms with Gasteiger partial charge in [0.1, 0.15) is 5.69 Å². The monoisotopic (exact) mass is 311 g/mol. The fraction of sp³-hybridized carbons (Fsp3) is 0.167.